The maximum absolute atomic E-state index is 12.5. The van der Waals surface area contributed by atoms with E-state index in [2.05, 4.69) is 5.32 Å². The third-order valence-corrected chi connectivity index (χ3v) is 5.00. The van der Waals surface area contributed by atoms with Crippen molar-refractivity contribution in [1.82, 2.24) is 0 Å². The molecule has 3 rings (SSSR count). The van der Waals surface area contributed by atoms with Gasteiger partial charge in [0.1, 0.15) is 0 Å². The molecule has 30 heavy (non-hydrogen) atoms. The molecule has 1 aliphatic rings. The third-order valence-electron chi connectivity index (χ3n) is 5.00. The fourth-order valence-corrected chi connectivity index (χ4v) is 3.22. The van der Waals surface area contributed by atoms with Crippen LogP contribution in [0.15, 0.2) is 48.5 Å². The molecule has 0 spiro atoms. The highest BCUT2D eigenvalue weighted by atomic mass is 16.5. The second kappa shape index (κ2) is 8.90. The minimum Gasteiger partial charge on any atom is -0.452 e. The van der Waals surface area contributed by atoms with Crippen LogP contribution in [0.25, 0.3) is 0 Å². The first-order valence-electron chi connectivity index (χ1n) is 9.74. The number of nitrogens with one attached hydrogen (secondary N) is 1. The number of ether oxygens (including phenoxy) is 1. The van der Waals surface area contributed by atoms with Gasteiger partial charge in [-0.1, -0.05) is 29.8 Å². The number of aryl methyl sites for hydroxylation is 1. The van der Waals surface area contributed by atoms with Crippen LogP contribution >= 0.6 is 0 Å². The van der Waals surface area contributed by atoms with Gasteiger partial charge in [-0.3, -0.25) is 19.2 Å². The Morgan fingerprint density at radius 2 is 1.83 bits per heavy atom. The first-order valence-corrected chi connectivity index (χ1v) is 9.74. The Kier molecular flexibility index (Phi) is 6.30. The first-order chi connectivity index (χ1) is 14.2. The summed E-state index contributed by atoms with van der Waals surface area (Å²) in [5, 5.41) is 2.64. The van der Waals surface area contributed by atoms with Gasteiger partial charge in [-0.05, 0) is 45.0 Å². The topological polar surface area (TPSA) is 92.8 Å². The molecular weight excluding hydrogens is 384 g/mol. The minimum atomic E-state index is -1.04. The molecule has 0 aliphatic carbocycles. The lowest BCUT2D eigenvalue weighted by atomic mass is 10.1. The maximum Gasteiger partial charge on any atom is 0.312 e. The lowest BCUT2D eigenvalue weighted by Gasteiger charge is -2.18. The number of carbonyl (C=O) groups excluding carboxylic acids is 4. The van der Waals surface area contributed by atoms with Gasteiger partial charge in [-0.15, -0.1) is 0 Å². The largest absolute Gasteiger partial charge is 0.452 e. The molecule has 0 aromatic heterocycles. The highest BCUT2D eigenvalue weighted by Gasteiger charge is 2.37. The van der Waals surface area contributed by atoms with Crippen LogP contribution in [0.2, 0.25) is 0 Å². The van der Waals surface area contributed by atoms with Crippen molar-refractivity contribution in [2.45, 2.75) is 33.3 Å². The molecule has 0 unspecified atom stereocenters. The summed E-state index contributed by atoms with van der Waals surface area (Å²) in [6.45, 7) is 5.08. The lowest BCUT2D eigenvalue weighted by molar-refractivity contribution is -0.157. The predicted octanol–water partition coefficient (Wildman–Crippen LogP) is 3.12. The van der Waals surface area contributed by atoms with E-state index in [1.54, 1.807) is 29.2 Å². The van der Waals surface area contributed by atoms with E-state index in [0.29, 0.717) is 11.3 Å². The smallest absolute Gasteiger partial charge is 0.312 e. The standard InChI is InChI=1S/C23H24N2O5/c1-14-7-9-20(10-8-14)25-13-18(12-21(25)27)23(29)30-16(3)22(28)24-19-6-4-5-17(11-19)15(2)26/h4-11,16,18H,12-13H2,1-3H3,(H,24,28)/t16-,18-/m1/s1. The predicted molar refractivity (Wildman–Crippen MR) is 112 cm³/mol. The van der Waals surface area contributed by atoms with Crippen LogP contribution in [-0.4, -0.2) is 36.2 Å². The van der Waals surface area contributed by atoms with Crippen LogP contribution < -0.4 is 10.2 Å². The van der Waals surface area contributed by atoms with E-state index in [1.807, 2.05) is 31.2 Å². The average molecular weight is 408 g/mol. The van der Waals surface area contributed by atoms with E-state index in [-0.39, 0.29) is 24.7 Å². The fraction of sp³-hybridized carbons (Fsp3) is 0.304. The second-order valence-electron chi connectivity index (χ2n) is 7.45. The fourth-order valence-electron chi connectivity index (χ4n) is 3.22. The maximum atomic E-state index is 12.5. The van der Waals surface area contributed by atoms with Gasteiger partial charge < -0.3 is 15.0 Å². The van der Waals surface area contributed by atoms with Crippen molar-refractivity contribution in [3.8, 4) is 0 Å². The molecule has 1 fully saturated rings. The monoisotopic (exact) mass is 408 g/mol. The molecule has 0 radical (unpaired) electrons. The van der Waals surface area contributed by atoms with Crippen molar-refractivity contribution in [2.75, 3.05) is 16.8 Å². The quantitative estimate of drug-likeness (QED) is 0.586. The zero-order chi connectivity index (χ0) is 21.8. The van der Waals surface area contributed by atoms with E-state index in [0.717, 1.165) is 11.3 Å². The van der Waals surface area contributed by atoms with Crippen LogP contribution in [0.4, 0.5) is 11.4 Å². The SMILES string of the molecule is CC(=O)c1cccc(NC(=O)[C@@H](C)OC(=O)[C@@H]2CC(=O)N(c3ccc(C)cc3)C2)c1. The van der Waals surface area contributed by atoms with E-state index in [9.17, 15) is 19.2 Å². The molecule has 2 atom stereocenters. The average Bonchev–Trinajstić information content (AvgIpc) is 3.10. The van der Waals surface area contributed by atoms with Crippen LogP contribution in [0, 0.1) is 12.8 Å². The zero-order valence-electron chi connectivity index (χ0n) is 17.2. The van der Waals surface area contributed by atoms with Crippen LogP contribution in [0.3, 0.4) is 0 Å². The Hall–Kier alpha value is -3.48. The van der Waals surface area contributed by atoms with E-state index >= 15 is 0 Å². The molecule has 0 saturated carbocycles. The van der Waals surface area contributed by atoms with Crippen molar-refractivity contribution in [3.63, 3.8) is 0 Å². The van der Waals surface area contributed by atoms with Gasteiger partial charge in [0.05, 0.1) is 5.92 Å². The van der Waals surface area contributed by atoms with Crippen molar-refractivity contribution >= 4 is 34.9 Å². The van der Waals surface area contributed by atoms with Crippen LogP contribution in [0.5, 0.6) is 0 Å². The van der Waals surface area contributed by atoms with Gasteiger partial charge in [-0.25, -0.2) is 0 Å². The molecule has 2 amide bonds. The number of hydrogen-bond donors (Lipinski definition) is 1. The summed E-state index contributed by atoms with van der Waals surface area (Å²) >= 11 is 0. The second-order valence-corrected chi connectivity index (χ2v) is 7.45. The van der Waals surface area contributed by atoms with Crippen LogP contribution in [0.1, 0.15) is 36.2 Å². The molecule has 1 saturated heterocycles. The van der Waals surface area contributed by atoms with Crippen molar-refractivity contribution in [1.29, 1.82) is 0 Å². The van der Waals surface area contributed by atoms with Gasteiger partial charge in [0, 0.05) is 29.9 Å². The first kappa shape index (κ1) is 21.2. The lowest BCUT2D eigenvalue weighted by Crippen LogP contribution is -2.33. The number of ketones is 1. The van der Waals surface area contributed by atoms with Gasteiger partial charge in [-0.2, -0.15) is 0 Å². The van der Waals surface area contributed by atoms with Gasteiger partial charge >= 0.3 is 5.97 Å². The molecule has 7 heteroatoms. The Balaban J connectivity index is 1.58. The number of rotatable bonds is 6. The summed E-state index contributed by atoms with van der Waals surface area (Å²) in [7, 11) is 0. The Labute approximate surface area is 175 Å². The molecule has 1 aliphatic heterocycles. The number of Topliss-reactive ketones (excluding diaryl/α,β-unsaturated/α-hetero) is 1. The van der Waals surface area contributed by atoms with Crippen molar-refractivity contribution in [3.05, 3.63) is 59.7 Å². The number of anilines is 2. The van der Waals surface area contributed by atoms with Crippen LogP contribution in [-0.2, 0) is 19.1 Å². The molecular formula is C23H24N2O5. The number of nitrogens with zero attached hydrogens (tertiary/aromatic N) is 1. The van der Waals surface area contributed by atoms with Crippen molar-refractivity contribution < 1.29 is 23.9 Å². The van der Waals surface area contributed by atoms with Crippen molar-refractivity contribution in [2.24, 2.45) is 5.92 Å². The number of esters is 1. The van der Waals surface area contributed by atoms with E-state index < -0.39 is 23.9 Å². The molecule has 2 aromatic rings. The molecule has 1 heterocycles. The third kappa shape index (κ3) is 4.92. The van der Waals surface area contributed by atoms with E-state index in [4.69, 9.17) is 4.74 Å². The molecule has 1 N–H and O–H groups in total. The summed E-state index contributed by atoms with van der Waals surface area (Å²) in [4.78, 5) is 50.2. The normalized spacial score (nSPS) is 16.8. The van der Waals surface area contributed by atoms with Gasteiger partial charge in [0.2, 0.25) is 5.91 Å². The summed E-state index contributed by atoms with van der Waals surface area (Å²) in [5.41, 5.74) is 2.72. The number of amides is 2. The number of benzene rings is 2. The molecule has 2 aromatic carbocycles. The number of carbonyl (C=O) groups is 4. The summed E-state index contributed by atoms with van der Waals surface area (Å²) in [6.07, 6.45) is -0.996. The highest BCUT2D eigenvalue weighted by Crippen LogP contribution is 2.26. The molecule has 156 valence electrons. The van der Waals surface area contributed by atoms with Gasteiger partial charge in [0.15, 0.2) is 11.9 Å². The van der Waals surface area contributed by atoms with Gasteiger partial charge in [0.25, 0.3) is 5.91 Å². The molecule has 7 nitrogen and oxygen atoms in total. The Morgan fingerprint density at radius 1 is 1.13 bits per heavy atom. The molecule has 0 bridgehead atoms. The summed E-state index contributed by atoms with van der Waals surface area (Å²) < 4.78 is 5.30. The Bertz CT molecular complexity index is 983. The zero-order valence-corrected chi connectivity index (χ0v) is 17.2. The van der Waals surface area contributed by atoms with E-state index in [1.165, 1.54) is 13.8 Å². The summed E-state index contributed by atoms with van der Waals surface area (Å²) in [6, 6.07) is 14.0. The highest BCUT2D eigenvalue weighted by molar-refractivity contribution is 6.01. The summed E-state index contributed by atoms with van der Waals surface area (Å²) in [5.74, 6) is -1.99. The Morgan fingerprint density at radius 3 is 2.50 bits per heavy atom. The number of hydrogen-bond acceptors (Lipinski definition) is 5. The minimum absolute atomic E-state index is 0.0434.